The molecule has 0 aliphatic rings. The van der Waals surface area contributed by atoms with Gasteiger partial charge in [0.25, 0.3) is 5.56 Å². The summed E-state index contributed by atoms with van der Waals surface area (Å²) >= 11 is 9.23. The smallest absolute Gasteiger partial charge is 0.261 e. The van der Waals surface area contributed by atoms with Crippen molar-refractivity contribution in [3.63, 3.8) is 0 Å². The number of benzene rings is 2. The quantitative estimate of drug-likeness (QED) is 0.704. The molecule has 0 spiro atoms. The lowest BCUT2D eigenvalue weighted by Gasteiger charge is -2.07. The van der Waals surface area contributed by atoms with Crippen LogP contribution in [0.15, 0.2) is 58.1 Å². The lowest BCUT2D eigenvalue weighted by molar-refractivity contribution is 0.748. The van der Waals surface area contributed by atoms with Crippen LogP contribution in [0.25, 0.3) is 10.9 Å². The molecule has 3 rings (SSSR count). The van der Waals surface area contributed by atoms with Crippen molar-refractivity contribution >= 4 is 38.4 Å². The Morgan fingerprint density at radius 2 is 1.90 bits per heavy atom. The molecule has 1 heterocycles. The van der Waals surface area contributed by atoms with E-state index in [-0.39, 0.29) is 5.56 Å². The molecule has 0 unspecified atom stereocenters. The van der Waals surface area contributed by atoms with E-state index < -0.39 is 0 Å². The van der Waals surface area contributed by atoms with Crippen molar-refractivity contribution in [1.82, 2.24) is 9.55 Å². The molecule has 0 bridgehead atoms. The van der Waals surface area contributed by atoms with E-state index in [1.165, 1.54) is 0 Å². The second kappa shape index (κ2) is 5.38. The lowest BCUT2D eigenvalue weighted by Crippen LogP contribution is -2.21. The van der Waals surface area contributed by atoms with Crippen molar-refractivity contribution in [2.75, 3.05) is 0 Å². The zero-order valence-corrected chi connectivity index (χ0v) is 12.7. The van der Waals surface area contributed by atoms with Crippen molar-refractivity contribution in [3.8, 4) is 0 Å². The van der Waals surface area contributed by atoms with Gasteiger partial charge in [0.05, 0.1) is 23.8 Å². The average molecular weight is 350 g/mol. The summed E-state index contributed by atoms with van der Waals surface area (Å²) < 4.78 is 2.51. The molecule has 0 atom stereocenters. The highest BCUT2D eigenvalue weighted by Crippen LogP contribution is 2.15. The molecule has 1 aromatic heterocycles. The van der Waals surface area contributed by atoms with E-state index >= 15 is 0 Å². The zero-order chi connectivity index (χ0) is 14.1. The summed E-state index contributed by atoms with van der Waals surface area (Å²) in [5.41, 5.74) is 1.66. The molecule has 20 heavy (non-hydrogen) atoms. The van der Waals surface area contributed by atoms with Gasteiger partial charge in [-0.1, -0.05) is 39.7 Å². The number of nitrogens with zero attached hydrogens (tertiary/aromatic N) is 2. The van der Waals surface area contributed by atoms with Crippen LogP contribution in [0.5, 0.6) is 0 Å². The molecule has 3 aromatic rings. The van der Waals surface area contributed by atoms with Crippen LogP contribution >= 0.6 is 27.5 Å². The van der Waals surface area contributed by atoms with Crippen molar-refractivity contribution in [2.24, 2.45) is 0 Å². The Kier molecular flexibility index (Phi) is 3.59. The minimum atomic E-state index is -0.0440. The van der Waals surface area contributed by atoms with Crippen molar-refractivity contribution in [3.05, 3.63) is 74.2 Å². The third kappa shape index (κ3) is 2.62. The number of fused-ring (bicyclic) bond motifs is 1. The molecule has 3 nitrogen and oxygen atoms in total. The SMILES string of the molecule is O=c1c2ccc(Br)cc2ncn1Cc1ccc(Cl)cc1. The maximum absolute atomic E-state index is 12.4. The van der Waals surface area contributed by atoms with Crippen LogP contribution < -0.4 is 5.56 Å². The highest BCUT2D eigenvalue weighted by molar-refractivity contribution is 9.10. The van der Waals surface area contributed by atoms with Crippen molar-refractivity contribution in [2.45, 2.75) is 6.54 Å². The molecule has 0 saturated carbocycles. The fourth-order valence-corrected chi connectivity index (χ4v) is 2.51. The van der Waals surface area contributed by atoms with E-state index in [1.54, 1.807) is 17.0 Å². The largest absolute Gasteiger partial charge is 0.294 e. The molecule has 100 valence electrons. The molecule has 0 aliphatic heterocycles. The predicted octanol–water partition coefficient (Wildman–Crippen LogP) is 3.86. The van der Waals surface area contributed by atoms with Gasteiger partial charge in [-0.3, -0.25) is 9.36 Å². The molecular weight excluding hydrogens is 340 g/mol. The first-order valence-corrected chi connectivity index (χ1v) is 7.20. The van der Waals surface area contributed by atoms with E-state index in [0.717, 1.165) is 10.0 Å². The number of hydrogen-bond donors (Lipinski definition) is 0. The van der Waals surface area contributed by atoms with Gasteiger partial charge in [0, 0.05) is 9.50 Å². The topological polar surface area (TPSA) is 34.9 Å². The highest BCUT2D eigenvalue weighted by Gasteiger charge is 2.05. The summed E-state index contributed by atoms with van der Waals surface area (Å²) in [5.74, 6) is 0. The van der Waals surface area contributed by atoms with E-state index in [4.69, 9.17) is 11.6 Å². The molecule has 0 N–H and O–H groups in total. The first-order chi connectivity index (χ1) is 9.63. The fraction of sp³-hybridized carbons (Fsp3) is 0.0667. The number of halogens is 2. The number of aromatic nitrogens is 2. The summed E-state index contributed by atoms with van der Waals surface area (Å²) in [7, 11) is 0. The zero-order valence-electron chi connectivity index (χ0n) is 10.4. The lowest BCUT2D eigenvalue weighted by atomic mass is 10.2. The third-order valence-corrected chi connectivity index (χ3v) is 3.80. The monoisotopic (exact) mass is 348 g/mol. The summed E-state index contributed by atoms with van der Waals surface area (Å²) in [6.45, 7) is 0.481. The van der Waals surface area contributed by atoms with Gasteiger partial charge in [-0.2, -0.15) is 0 Å². The molecule has 0 saturated heterocycles. The van der Waals surface area contributed by atoms with Gasteiger partial charge < -0.3 is 0 Å². The van der Waals surface area contributed by atoms with Gasteiger partial charge in [-0.05, 0) is 35.9 Å². The maximum Gasteiger partial charge on any atom is 0.261 e. The number of hydrogen-bond acceptors (Lipinski definition) is 2. The van der Waals surface area contributed by atoms with Crippen LogP contribution in [-0.2, 0) is 6.54 Å². The van der Waals surface area contributed by atoms with Crippen molar-refractivity contribution in [1.29, 1.82) is 0 Å². The molecule has 0 aliphatic carbocycles. The van der Waals surface area contributed by atoms with Crippen LogP contribution in [0.4, 0.5) is 0 Å². The van der Waals surface area contributed by atoms with E-state index in [1.807, 2.05) is 36.4 Å². The number of rotatable bonds is 2. The van der Waals surface area contributed by atoms with Crippen LogP contribution in [0, 0.1) is 0 Å². The van der Waals surface area contributed by atoms with Gasteiger partial charge >= 0.3 is 0 Å². The molecule has 2 aromatic carbocycles. The average Bonchev–Trinajstić information content (AvgIpc) is 2.44. The molecular formula is C15H10BrClN2O. The second-order valence-electron chi connectivity index (χ2n) is 4.47. The van der Waals surface area contributed by atoms with Crippen LogP contribution in [-0.4, -0.2) is 9.55 Å². The summed E-state index contributed by atoms with van der Waals surface area (Å²) in [5, 5.41) is 1.30. The normalized spacial score (nSPS) is 10.9. The van der Waals surface area contributed by atoms with Crippen LogP contribution in [0.1, 0.15) is 5.56 Å². The Morgan fingerprint density at radius 1 is 1.15 bits per heavy atom. The first-order valence-electron chi connectivity index (χ1n) is 6.02. The van der Waals surface area contributed by atoms with Crippen LogP contribution in [0.2, 0.25) is 5.02 Å². The van der Waals surface area contributed by atoms with E-state index in [2.05, 4.69) is 20.9 Å². The fourth-order valence-electron chi connectivity index (χ4n) is 2.03. The Hall–Kier alpha value is -1.65. The Labute approximate surface area is 129 Å². The molecule has 0 fully saturated rings. The Morgan fingerprint density at radius 3 is 2.65 bits per heavy atom. The van der Waals surface area contributed by atoms with Gasteiger partial charge in [-0.25, -0.2) is 4.98 Å². The summed E-state index contributed by atoms with van der Waals surface area (Å²) in [6, 6.07) is 12.9. The Bertz CT molecular complexity index is 827. The first kappa shape index (κ1) is 13.3. The van der Waals surface area contributed by atoms with Crippen LogP contribution in [0.3, 0.4) is 0 Å². The van der Waals surface area contributed by atoms with Gasteiger partial charge in [0.1, 0.15) is 0 Å². The maximum atomic E-state index is 12.4. The minimum Gasteiger partial charge on any atom is -0.294 e. The molecule has 0 radical (unpaired) electrons. The summed E-state index contributed by atoms with van der Waals surface area (Å²) in [4.78, 5) is 16.7. The van der Waals surface area contributed by atoms with Gasteiger partial charge in [-0.15, -0.1) is 0 Å². The summed E-state index contributed by atoms with van der Waals surface area (Å²) in [6.07, 6.45) is 1.58. The molecule has 5 heteroatoms. The third-order valence-electron chi connectivity index (χ3n) is 3.05. The predicted molar refractivity (Wildman–Crippen MR) is 84.3 cm³/mol. The highest BCUT2D eigenvalue weighted by atomic mass is 79.9. The van der Waals surface area contributed by atoms with Crippen molar-refractivity contribution < 1.29 is 0 Å². The van der Waals surface area contributed by atoms with E-state index in [9.17, 15) is 4.79 Å². The molecule has 0 amide bonds. The Balaban J connectivity index is 2.04. The minimum absolute atomic E-state index is 0.0440. The standard InChI is InChI=1S/C15H10BrClN2O/c16-11-3-6-13-14(7-11)18-9-19(15(13)20)8-10-1-4-12(17)5-2-10/h1-7,9H,8H2. The van der Waals surface area contributed by atoms with E-state index in [0.29, 0.717) is 22.5 Å². The van der Waals surface area contributed by atoms with Gasteiger partial charge in [0.15, 0.2) is 0 Å². The van der Waals surface area contributed by atoms with Gasteiger partial charge in [0.2, 0.25) is 0 Å². The second-order valence-corrected chi connectivity index (χ2v) is 5.82.